The summed E-state index contributed by atoms with van der Waals surface area (Å²) in [5.41, 5.74) is 1.00. The smallest absolute Gasteiger partial charge is 0.273 e. The van der Waals surface area contributed by atoms with Crippen molar-refractivity contribution in [1.82, 2.24) is 10.2 Å². The molecule has 28 heavy (non-hydrogen) atoms. The zero-order chi connectivity index (χ0) is 20.1. The molecule has 142 valence electrons. The maximum Gasteiger partial charge on any atom is 0.273 e. The number of amides is 1. The fourth-order valence-electron chi connectivity index (χ4n) is 2.63. The summed E-state index contributed by atoms with van der Waals surface area (Å²) < 4.78 is 0. The molecule has 0 saturated carbocycles. The summed E-state index contributed by atoms with van der Waals surface area (Å²) in [4.78, 5) is 35.0. The Kier molecular flexibility index (Phi) is 5.85. The Morgan fingerprint density at radius 3 is 2.57 bits per heavy atom. The van der Waals surface area contributed by atoms with Gasteiger partial charge in [-0.15, -0.1) is 10.2 Å². The topological polar surface area (TPSA) is 115 Å². The van der Waals surface area contributed by atoms with Crippen LogP contribution in [0.25, 0.3) is 0 Å². The SMILES string of the molecule is Cc1c(C(=O)Nc2nnc(CCC(=O)c3ccccc3)s2)cccc1[N+](=O)[O-]. The molecule has 0 aliphatic rings. The Balaban J connectivity index is 1.63. The maximum atomic E-state index is 12.4. The fourth-order valence-corrected chi connectivity index (χ4v) is 3.36. The molecule has 9 heteroatoms. The molecule has 0 aliphatic carbocycles. The summed E-state index contributed by atoms with van der Waals surface area (Å²) in [6.45, 7) is 1.52. The van der Waals surface area contributed by atoms with Crippen LogP contribution in [0.4, 0.5) is 10.8 Å². The standard InChI is InChI=1S/C19H16N4O4S/c1-12-14(8-5-9-15(12)23(26)27)18(25)20-19-22-21-17(28-19)11-10-16(24)13-6-3-2-4-7-13/h2-9H,10-11H2,1H3,(H,20,22,25). The number of Topliss-reactive ketones (excluding diaryl/α,β-unsaturated/α-hetero) is 1. The summed E-state index contributed by atoms with van der Waals surface area (Å²) in [5, 5.41) is 22.4. The number of aromatic nitrogens is 2. The predicted molar refractivity (Wildman–Crippen MR) is 105 cm³/mol. The van der Waals surface area contributed by atoms with Gasteiger partial charge in [-0.25, -0.2) is 0 Å². The van der Waals surface area contributed by atoms with Gasteiger partial charge in [0.15, 0.2) is 5.78 Å². The van der Waals surface area contributed by atoms with E-state index in [4.69, 9.17) is 0 Å². The number of nitrogens with zero attached hydrogens (tertiary/aromatic N) is 3. The highest BCUT2D eigenvalue weighted by molar-refractivity contribution is 7.15. The predicted octanol–water partition coefficient (Wildman–Crippen LogP) is 3.82. The minimum Gasteiger partial charge on any atom is -0.296 e. The maximum absolute atomic E-state index is 12.4. The van der Waals surface area contributed by atoms with Crippen molar-refractivity contribution in [2.45, 2.75) is 19.8 Å². The summed E-state index contributed by atoms with van der Waals surface area (Å²) in [6, 6.07) is 13.3. The molecule has 0 aliphatic heterocycles. The molecule has 0 saturated heterocycles. The molecule has 1 heterocycles. The number of carbonyl (C=O) groups is 2. The number of carbonyl (C=O) groups excluding carboxylic acids is 2. The lowest BCUT2D eigenvalue weighted by Crippen LogP contribution is -2.14. The number of anilines is 1. The fraction of sp³-hybridized carbons (Fsp3) is 0.158. The van der Waals surface area contributed by atoms with Gasteiger partial charge in [0.2, 0.25) is 5.13 Å². The van der Waals surface area contributed by atoms with Gasteiger partial charge in [0.05, 0.1) is 4.92 Å². The number of benzene rings is 2. The van der Waals surface area contributed by atoms with E-state index >= 15 is 0 Å². The summed E-state index contributed by atoms with van der Waals surface area (Å²) in [7, 11) is 0. The highest BCUT2D eigenvalue weighted by atomic mass is 32.1. The molecule has 1 N–H and O–H groups in total. The van der Waals surface area contributed by atoms with Crippen LogP contribution in [-0.2, 0) is 6.42 Å². The molecule has 1 aromatic heterocycles. The number of hydrogen-bond acceptors (Lipinski definition) is 7. The molecule has 0 radical (unpaired) electrons. The van der Waals surface area contributed by atoms with Crippen LogP contribution >= 0.6 is 11.3 Å². The van der Waals surface area contributed by atoms with Gasteiger partial charge in [-0.3, -0.25) is 25.0 Å². The third kappa shape index (κ3) is 4.44. The second-order valence-corrected chi connectivity index (χ2v) is 7.01. The molecule has 0 spiro atoms. The van der Waals surface area contributed by atoms with Gasteiger partial charge >= 0.3 is 0 Å². The van der Waals surface area contributed by atoms with Crippen molar-refractivity contribution in [3.05, 3.63) is 80.3 Å². The molecular formula is C19H16N4O4S. The van der Waals surface area contributed by atoms with E-state index < -0.39 is 10.8 Å². The van der Waals surface area contributed by atoms with Crippen molar-refractivity contribution in [3.63, 3.8) is 0 Å². The summed E-state index contributed by atoms with van der Waals surface area (Å²) in [5.74, 6) is -0.488. The van der Waals surface area contributed by atoms with Gasteiger partial charge in [0.1, 0.15) is 5.01 Å². The molecule has 2 aromatic carbocycles. The Morgan fingerprint density at radius 1 is 1.11 bits per heavy atom. The number of nitrogens with one attached hydrogen (secondary N) is 1. The number of nitro benzene ring substituents is 1. The van der Waals surface area contributed by atoms with E-state index in [0.29, 0.717) is 17.0 Å². The van der Waals surface area contributed by atoms with Gasteiger partial charge in [-0.1, -0.05) is 47.7 Å². The van der Waals surface area contributed by atoms with Gasteiger partial charge in [-0.05, 0) is 13.0 Å². The minimum absolute atomic E-state index is 0.00797. The van der Waals surface area contributed by atoms with E-state index in [-0.39, 0.29) is 34.1 Å². The van der Waals surface area contributed by atoms with Crippen LogP contribution in [0.5, 0.6) is 0 Å². The zero-order valence-corrected chi connectivity index (χ0v) is 15.7. The highest BCUT2D eigenvalue weighted by Gasteiger charge is 2.19. The number of aryl methyl sites for hydroxylation is 1. The van der Waals surface area contributed by atoms with E-state index in [1.54, 1.807) is 12.1 Å². The highest BCUT2D eigenvalue weighted by Crippen LogP contribution is 2.23. The number of rotatable bonds is 7. The Labute approximate surface area is 164 Å². The van der Waals surface area contributed by atoms with Crippen molar-refractivity contribution in [2.24, 2.45) is 0 Å². The van der Waals surface area contributed by atoms with Gasteiger partial charge in [-0.2, -0.15) is 0 Å². The van der Waals surface area contributed by atoms with E-state index in [9.17, 15) is 19.7 Å². The normalized spacial score (nSPS) is 10.5. The van der Waals surface area contributed by atoms with Crippen molar-refractivity contribution < 1.29 is 14.5 Å². The summed E-state index contributed by atoms with van der Waals surface area (Å²) in [6.07, 6.45) is 0.702. The van der Waals surface area contributed by atoms with Crippen LogP contribution in [0.1, 0.15) is 37.7 Å². The monoisotopic (exact) mass is 396 g/mol. The minimum atomic E-state index is -0.529. The van der Waals surface area contributed by atoms with Crippen LogP contribution in [0.3, 0.4) is 0 Å². The van der Waals surface area contributed by atoms with E-state index in [1.165, 1.54) is 36.5 Å². The third-order valence-corrected chi connectivity index (χ3v) is 4.99. The molecule has 0 atom stereocenters. The first kappa shape index (κ1) is 19.3. The molecule has 0 fully saturated rings. The average molecular weight is 396 g/mol. The lowest BCUT2D eigenvalue weighted by atomic mass is 10.1. The Bertz CT molecular complexity index is 1030. The molecular weight excluding hydrogens is 380 g/mol. The molecule has 3 aromatic rings. The van der Waals surface area contributed by atoms with Crippen LogP contribution in [-0.4, -0.2) is 26.8 Å². The van der Waals surface area contributed by atoms with Crippen LogP contribution in [0.15, 0.2) is 48.5 Å². The summed E-state index contributed by atoms with van der Waals surface area (Å²) >= 11 is 1.17. The van der Waals surface area contributed by atoms with E-state index in [0.717, 1.165) is 0 Å². The van der Waals surface area contributed by atoms with Crippen LogP contribution < -0.4 is 5.32 Å². The molecule has 8 nitrogen and oxygen atoms in total. The first-order chi connectivity index (χ1) is 13.5. The third-order valence-electron chi connectivity index (χ3n) is 4.10. The largest absolute Gasteiger partial charge is 0.296 e. The number of hydrogen-bond donors (Lipinski definition) is 1. The molecule has 1 amide bonds. The van der Waals surface area contributed by atoms with Crippen molar-refractivity contribution >= 4 is 33.8 Å². The molecule has 3 rings (SSSR count). The van der Waals surface area contributed by atoms with Crippen LogP contribution in [0, 0.1) is 17.0 Å². The lowest BCUT2D eigenvalue weighted by Gasteiger charge is -2.05. The zero-order valence-electron chi connectivity index (χ0n) is 14.9. The molecule has 0 bridgehead atoms. The second-order valence-electron chi connectivity index (χ2n) is 5.95. The van der Waals surface area contributed by atoms with Gasteiger partial charge in [0.25, 0.3) is 11.6 Å². The number of ketones is 1. The van der Waals surface area contributed by atoms with Crippen molar-refractivity contribution in [3.8, 4) is 0 Å². The Hall–Kier alpha value is -3.46. The number of nitro groups is 1. The van der Waals surface area contributed by atoms with Crippen molar-refractivity contribution in [1.29, 1.82) is 0 Å². The van der Waals surface area contributed by atoms with Gasteiger partial charge < -0.3 is 0 Å². The van der Waals surface area contributed by atoms with Crippen molar-refractivity contribution in [2.75, 3.05) is 5.32 Å². The average Bonchev–Trinajstić information content (AvgIpc) is 3.14. The first-order valence-electron chi connectivity index (χ1n) is 8.41. The van der Waals surface area contributed by atoms with Gasteiger partial charge in [0, 0.05) is 35.6 Å². The lowest BCUT2D eigenvalue weighted by molar-refractivity contribution is -0.385. The Morgan fingerprint density at radius 2 is 1.86 bits per heavy atom. The van der Waals surface area contributed by atoms with E-state index in [2.05, 4.69) is 15.5 Å². The molecule has 0 unspecified atom stereocenters. The second kappa shape index (κ2) is 8.49. The van der Waals surface area contributed by atoms with E-state index in [1.807, 2.05) is 18.2 Å². The first-order valence-corrected chi connectivity index (χ1v) is 9.23. The van der Waals surface area contributed by atoms with Crippen LogP contribution in [0.2, 0.25) is 0 Å². The quantitative estimate of drug-likeness (QED) is 0.369.